The number of rotatable bonds is 2. The van der Waals surface area contributed by atoms with Gasteiger partial charge in [-0.1, -0.05) is 6.07 Å². The Hall–Kier alpha value is -0.265. The molecule has 2 N–H and O–H groups in total. The van der Waals surface area contributed by atoms with Crippen LogP contribution in [0.5, 0.6) is 5.75 Å². The first-order chi connectivity index (χ1) is 6.49. The fraction of sp³-hybridized carbons (Fsp3) is 0.333. The molecule has 3 nitrogen and oxygen atoms in total. The highest BCUT2D eigenvalue weighted by atomic mass is 127. The monoisotopic (exact) mass is 306 g/mol. The van der Waals surface area contributed by atoms with E-state index >= 15 is 0 Å². The van der Waals surface area contributed by atoms with Gasteiger partial charge in [0, 0.05) is 0 Å². The molecule has 0 aromatic heterocycles. The highest BCUT2D eigenvalue weighted by molar-refractivity contribution is 14.1. The van der Waals surface area contributed by atoms with Crippen molar-refractivity contribution in [3.05, 3.63) is 20.8 Å². The molecule has 1 aromatic carbocycles. The molecule has 0 saturated heterocycles. The largest absolute Gasteiger partial charge is 0.495 e. The van der Waals surface area contributed by atoms with Crippen molar-refractivity contribution in [3.8, 4) is 5.75 Å². The van der Waals surface area contributed by atoms with E-state index in [9.17, 15) is 0 Å². The lowest BCUT2D eigenvalue weighted by atomic mass is 9.79. The fourth-order valence-corrected chi connectivity index (χ4v) is 2.37. The number of hydrogen-bond donors (Lipinski definition) is 2. The molecule has 0 fully saturated rings. The summed E-state index contributed by atoms with van der Waals surface area (Å²) in [6.45, 7) is 3.86. The lowest BCUT2D eigenvalue weighted by Crippen LogP contribution is -2.33. The van der Waals surface area contributed by atoms with Crippen LogP contribution >= 0.6 is 22.6 Å². The van der Waals surface area contributed by atoms with Gasteiger partial charge in [-0.15, -0.1) is 0 Å². The van der Waals surface area contributed by atoms with Crippen LogP contribution in [0.3, 0.4) is 0 Å². The Morgan fingerprint density at radius 1 is 1.36 bits per heavy atom. The van der Waals surface area contributed by atoms with Gasteiger partial charge in [0.2, 0.25) is 0 Å². The third-order valence-electron chi connectivity index (χ3n) is 2.24. The van der Waals surface area contributed by atoms with Crippen LogP contribution in [0.4, 0.5) is 0 Å². The third kappa shape index (κ3) is 2.04. The van der Waals surface area contributed by atoms with E-state index in [4.69, 9.17) is 14.8 Å². The van der Waals surface area contributed by atoms with Crippen LogP contribution in [0.25, 0.3) is 0 Å². The first kappa shape index (κ1) is 11.8. The molecule has 0 bridgehead atoms. The second-order valence-electron chi connectivity index (χ2n) is 3.13. The number of benzene rings is 1. The molecule has 0 amide bonds. The second-order valence-corrected chi connectivity index (χ2v) is 4.21. The van der Waals surface area contributed by atoms with E-state index in [1.165, 1.54) is 0 Å². The Morgan fingerprint density at radius 2 is 1.93 bits per heavy atom. The van der Waals surface area contributed by atoms with Crippen molar-refractivity contribution in [1.29, 1.82) is 0 Å². The summed E-state index contributed by atoms with van der Waals surface area (Å²) >= 11 is 2.05. The van der Waals surface area contributed by atoms with Crippen molar-refractivity contribution >= 4 is 35.2 Å². The normalized spacial score (nSPS) is 10.1. The zero-order valence-electron chi connectivity index (χ0n) is 8.34. The van der Waals surface area contributed by atoms with E-state index in [-0.39, 0.29) is 0 Å². The summed E-state index contributed by atoms with van der Waals surface area (Å²) < 4.78 is 5.97. The lowest BCUT2D eigenvalue weighted by Gasteiger charge is -2.13. The van der Waals surface area contributed by atoms with Crippen LogP contribution in [-0.2, 0) is 0 Å². The van der Waals surface area contributed by atoms with Crippen molar-refractivity contribution in [1.82, 2.24) is 0 Å². The summed E-state index contributed by atoms with van der Waals surface area (Å²) in [6, 6.07) is 1.77. The van der Waals surface area contributed by atoms with Crippen molar-refractivity contribution in [2.45, 2.75) is 13.8 Å². The molecular weight excluding hydrogens is 294 g/mol. The molecule has 0 radical (unpaired) electrons. The summed E-state index contributed by atoms with van der Waals surface area (Å²) in [7, 11) is 0.132. The molecule has 0 saturated carbocycles. The molecule has 1 rings (SSSR count). The number of ether oxygens (including phenoxy) is 1. The van der Waals surface area contributed by atoms with E-state index in [0.717, 1.165) is 14.7 Å². The standard InChI is InChI=1S/C9H12BIO3/c1-5-4-7(10(12)13)8(11)9(14-3)6(5)2/h4,12-13H,1-3H3. The molecule has 76 valence electrons. The number of methoxy groups -OCH3 is 1. The molecule has 0 heterocycles. The minimum atomic E-state index is -1.45. The summed E-state index contributed by atoms with van der Waals surface area (Å²) in [5.41, 5.74) is 2.51. The van der Waals surface area contributed by atoms with Gasteiger partial charge in [-0.25, -0.2) is 0 Å². The third-order valence-corrected chi connectivity index (χ3v) is 3.35. The minimum absolute atomic E-state index is 0.491. The van der Waals surface area contributed by atoms with Gasteiger partial charge < -0.3 is 14.8 Å². The Bertz CT molecular complexity index is 352. The van der Waals surface area contributed by atoms with Crippen LogP contribution in [0, 0.1) is 17.4 Å². The highest BCUT2D eigenvalue weighted by Gasteiger charge is 2.20. The first-order valence-corrected chi connectivity index (χ1v) is 5.26. The van der Waals surface area contributed by atoms with Gasteiger partial charge in [0.05, 0.1) is 10.7 Å². The number of aryl methyl sites for hydroxylation is 1. The van der Waals surface area contributed by atoms with Crippen molar-refractivity contribution in [2.75, 3.05) is 7.11 Å². The smallest absolute Gasteiger partial charge is 0.489 e. The molecule has 5 heteroatoms. The maximum Gasteiger partial charge on any atom is 0.489 e. The Kier molecular flexibility index (Phi) is 3.80. The van der Waals surface area contributed by atoms with E-state index in [0.29, 0.717) is 11.2 Å². The zero-order valence-corrected chi connectivity index (χ0v) is 10.5. The summed E-state index contributed by atoms with van der Waals surface area (Å²) in [4.78, 5) is 0. The van der Waals surface area contributed by atoms with Gasteiger partial charge in [0.15, 0.2) is 0 Å². The van der Waals surface area contributed by atoms with E-state index in [2.05, 4.69) is 22.6 Å². The van der Waals surface area contributed by atoms with Gasteiger partial charge >= 0.3 is 7.12 Å². The molecular formula is C9H12BIO3. The fourth-order valence-electron chi connectivity index (χ4n) is 1.31. The zero-order chi connectivity index (χ0) is 10.9. The topological polar surface area (TPSA) is 49.7 Å². The Morgan fingerprint density at radius 3 is 2.36 bits per heavy atom. The SMILES string of the molecule is COc1c(C)c(C)cc(B(O)O)c1I. The minimum Gasteiger partial charge on any atom is -0.495 e. The van der Waals surface area contributed by atoms with E-state index in [1.54, 1.807) is 13.2 Å². The Balaban J connectivity index is 3.42. The average Bonchev–Trinajstić information content (AvgIpc) is 2.12. The van der Waals surface area contributed by atoms with Crippen molar-refractivity contribution in [3.63, 3.8) is 0 Å². The summed E-state index contributed by atoms with van der Waals surface area (Å²) in [5.74, 6) is 0.716. The quantitative estimate of drug-likeness (QED) is 0.621. The first-order valence-electron chi connectivity index (χ1n) is 4.18. The molecule has 0 spiro atoms. The lowest BCUT2D eigenvalue weighted by molar-refractivity contribution is 0.406. The molecule has 0 unspecified atom stereocenters. The van der Waals surface area contributed by atoms with Gasteiger partial charge in [-0.2, -0.15) is 0 Å². The number of halogens is 1. The molecule has 0 atom stereocenters. The molecule has 14 heavy (non-hydrogen) atoms. The molecule has 0 aliphatic rings. The second kappa shape index (κ2) is 4.50. The maximum atomic E-state index is 9.14. The van der Waals surface area contributed by atoms with E-state index < -0.39 is 7.12 Å². The predicted octanol–water partition coefficient (Wildman–Crippen LogP) is 0.596. The predicted molar refractivity (Wildman–Crippen MR) is 65.0 cm³/mol. The van der Waals surface area contributed by atoms with Crippen molar-refractivity contribution < 1.29 is 14.8 Å². The maximum absolute atomic E-state index is 9.14. The molecule has 1 aromatic rings. The number of hydrogen-bond acceptors (Lipinski definition) is 3. The summed E-state index contributed by atoms with van der Waals surface area (Å²) in [6.07, 6.45) is 0. The van der Waals surface area contributed by atoms with Crippen LogP contribution in [0.2, 0.25) is 0 Å². The van der Waals surface area contributed by atoms with Gasteiger partial charge in [0.25, 0.3) is 0 Å². The van der Waals surface area contributed by atoms with Gasteiger partial charge in [0.1, 0.15) is 5.75 Å². The van der Waals surface area contributed by atoms with Gasteiger partial charge in [-0.05, 0) is 53.0 Å². The van der Waals surface area contributed by atoms with Gasteiger partial charge in [-0.3, -0.25) is 0 Å². The molecule has 0 aliphatic carbocycles. The molecule has 0 aliphatic heterocycles. The van der Waals surface area contributed by atoms with Crippen LogP contribution < -0.4 is 10.2 Å². The van der Waals surface area contributed by atoms with Crippen LogP contribution in [0.1, 0.15) is 11.1 Å². The Labute approximate surface area is 97.4 Å². The van der Waals surface area contributed by atoms with Crippen LogP contribution in [-0.4, -0.2) is 24.3 Å². The average molecular weight is 306 g/mol. The highest BCUT2D eigenvalue weighted by Crippen LogP contribution is 2.26. The van der Waals surface area contributed by atoms with E-state index in [1.807, 2.05) is 13.8 Å². The van der Waals surface area contributed by atoms with Crippen molar-refractivity contribution in [2.24, 2.45) is 0 Å². The summed E-state index contributed by atoms with van der Waals surface area (Å²) in [5, 5.41) is 18.3. The van der Waals surface area contributed by atoms with Crippen LogP contribution in [0.15, 0.2) is 6.07 Å².